The molecule has 4 aliphatic heterocycles. The molecule has 3 aromatic carbocycles. The van der Waals surface area contributed by atoms with Crippen LogP contribution in [0, 0.1) is 33.9 Å². The van der Waals surface area contributed by atoms with E-state index < -0.39 is 52.2 Å². The van der Waals surface area contributed by atoms with Gasteiger partial charge in [-0.25, -0.2) is 4.39 Å². The van der Waals surface area contributed by atoms with E-state index in [1.165, 1.54) is 6.07 Å². The number of carbonyl (C=O) groups excluding carboxylic acids is 5. The molecular formula is C45H49ClFN7O6. The Morgan fingerprint density at radius 2 is 1.52 bits per heavy atom. The Morgan fingerprint density at radius 3 is 2.17 bits per heavy atom. The SMILES string of the molecule is CC1(C)[C@H](NC(=O)c2ccc(N3CCC(CN4CCN(c5ccc6c(c5)C(=O)N(C5CCC(=O)NC5=O)C6=O)CC4)CC3)cc2F)C(C)(C)[C@H]1Oc1ccc(C#N)c(Cl)c1. The number of piperidine rings is 2. The monoisotopic (exact) mass is 837 g/mol. The van der Waals surface area contributed by atoms with Gasteiger partial charge in [-0.15, -0.1) is 0 Å². The lowest BCUT2D eigenvalue weighted by molar-refractivity contribution is -0.164. The Kier molecular flexibility index (Phi) is 10.9. The van der Waals surface area contributed by atoms with E-state index in [2.05, 4.69) is 25.3 Å². The molecule has 3 aromatic rings. The number of hydrogen-bond acceptors (Lipinski definition) is 10. The second-order valence-electron chi connectivity index (χ2n) is 17.9. The van der Waals surface area contributed by atoms with Crippen molar-refractivity contribution in [3.05, 3.63) is 87.7 Å². The predicted molar refractivity (Wildman–Crippen MR) is 223 cm³/mol. The zero-order chi connectivity index (χ0) is 42.7. The van der Waals surface area contributed by atoms with Crippen LogP contribution in [0.25, 0.3) is 0 Å². The molecule has 1 atom stereocenters. The van der Waals surface area contributed by atoms with Gasteiger partial charge in [-0.1, -0.05) is 39.3 Å². The molecule has 4 heterocycles. The average molecular weight is 838 g/mol. The molecule has 1 unspecified atom stereocenters. The summed E-state index contributed by atoms with van der Waals surface area (Å²) in [6.07, 6.45) is 1.83. The van der Waals surface area contributed by atoms with Crippen LogP contribution in [0.3, 0.4) is 0 Å². The van der Waals surface area contributed by atoms with Crippen LogP contribution in [0.2, 0.25) is 5.02 Å². The highest BCUT2D eigenvalue weighted by molar-refractivity contribution is 6.31. The molecule has 0 bridgehead atoms. The van der Waals surface area contributed by atoms with Crippen molar-refractivity contribution in [1.29, 1.82) is 5.26 Å². The number of rotatable bonds is 9. The van der Waals surface area contributed by atoms with Gasteiger partial charge in [-0.3, -0.25) is 39.1 Å². The average Bonchev–Trinajstić information content (AvgIpc) is 3.47. The van der Waals surface area contributed by atoms with E-state index in [1.807, 2.05) is 45.9 Å². The maximum absolute atomic E-state index is 15.6. The molecule has 4 fully saturated rings. The topological polar surface area (TPSA) is 155 Å². The molecule has 8 rings (SSSR count). The lowest BCUT2D eigenvalue weighted by atomic mass is 9.49. The number of imide groups is 2. The highest BCUT2D eigenvalue weighted by atomic mass is 35.5. The smallest absolute Gasteiger partial charge is 0.262 e. The number of fused-ring (bicyclic) bond motifs is 1. The summed E-state index contributed by atoms with van der Waals surface area (Å²) in [5.74, 6) is -2.06. The third kappa shape index (κ3) is 7.47. The second kappa shape index (κ2) is 15.8. The van der Waals surface area contributed by atoms with Crippen LogP contribution >= 0.6 is 11.6 Å². The Balaban J connectivity index is 0.804. The van der Waals surface area contributed by atoms with E-state index in [-0.39, 0.29) is 41.7 Å². The van der Waals surface area contributed by atoms with Gasteiger partial charge in [0.2, 0.25) is 11.8 Å². The summed E-state index contributed by atoms with van der Waals surface area (Å²) in [5.41, 5.74) is 1.56. The predicted octanol–water partition coefficient (Wildman–Crippen LogP) is 5.40. The summed E-state index contributed by atoms with van der Waals surface area (Å²) in [6, 6.07) is 15.8. The van der Waals surface area contributed by atoms with Gasteiger partial charge in [-0.05, 0) is 73.7 Å². The van der Waals surface area contributed by atoms with Gasteiger partial charge in [0, 0.05) is 86.5 Å². The minimum absolute atomic E-state index is 0.00297. The van der Waals surface area contributed by atoms with Crippen LogP contribution in [0.15, 0.2) is 54.6 Å². The fourth-order valence-corrected chi connectivity index (χ4v) is 10.5. The van der Waals surface area contributed by atoms with Crippen LogP contribution in [0.4, 0.5) is 15.8 Å². The molecule has 60 heavy (non-hydrogen) atoms. The molecule has 2 N–H and O–H groups in total. The number of piperazine rings is 1. The van der Waals surface area contributed by atoms with Crippen molar-refractivity contribution in [3.63, 3.8) is 0 Å². The maximum Gasteiger partial charge on any atom is 0.262 e. The van der Waals surface area contributed by atoms with Crippen molar-refractivity contribution < 1.29 is 33.1 Å². The van der Waals surface area contributed by atoms with E-state index in [4.69, 9.17) is 16.3 Å². The molecule has 3 saturated heterocycles. The van der Waals surface area contributed by atoms with Gasteiger partial charge >= 0.3 is 0 Å². The highest BCUT2D eigenvalue weighted by Gasteiger charge is 2.64. The maximum atomic E-state index is 15.6. The Bertz CT molecular complexity index is 2300. The minimum atomic E-state index is -0.992. The summed E-state index contributed by atoms with van der Waals surface area (Å²) >= 11 is 6.23. The molecule has 0 aromatic heterocycles. The number of nitriles is 1. The lowest BCUT2D eigenvalue weighted by Gasteiger charge is -2.63. The minimum Gasteiger partial charge on any atom is -0.489 e. The van der Waals surface area contributed by atoms with Gasteiger partial charge < -0.3 is 19.9 Å². The molecule has 13 nitrogen and oxygen atoms in total. The zero-order valence-electron chi connectivity index (χ0n) is 34.2. The summed E-state index contributed by atoms with van der Waals surface area (Å²) in [7, 11) is 0. The standard InChI is InChI=1S/C45H49ClFN7O6/c1-44(2)42(45(3,4)43(44)60-30-8-5-27(24-48)34(46)23-30)50-38(56)32-10-7-29(22-35(32)47)52-15-13-26(14-16-52)25-51-17-19-53(20-18-51)28-6-9-31-33(21-28)41(59)54(40(31)58)36-11-12-37(55)49-39(36)57/h5-10,21-23,26,36,42-43H,11-20,25H2,1-4H3,(H,50,56)(H,49,55,57)/t36?,42-,43-. The molecule has 15 heteroatoms. The van der Waals surface area contributed by atoms with Crippen LogP contribution in [-0.2, 0) is 9.59 Å². The number of ether oxygens (including phenoxy) is 1. The molecule has 0 radical (unpaired) electrons. The molecule has 5 amide bonds. The largest absolute Gasteiger partial charge is 0.489 e. The van der Waals surface area contributed by atoms with Crippen molar-refractivity contribution in [2.75, 3.05) is 55.6 Å². The number of anilines is 2. The Hall–Kier alpha value is -5.52. The van der Waals surface area contributed by atoms with E-state index >= 15 is 4.39 Å². The highest BCUT2D eigenvalue weighted by Crippen LogP contribution is 2.55. The first-order chi connectivity index (χ1) is 28.6. The van der Waals surface area contributed by atoms with Crippen LogP contribution in [-0.4, -0.2) is 103 Å². The van der Waals surface area contributed by atoms with Gasteiger partial charge in [0.15, 0.2) is 0 Å². The zero-order valence-corrected chi connectivity index (χ0v) is 35.0. The van der Waals surface area contributed by atoms with Crippen LogP contribution in [0.1, 0.15) is 90.0 Å². The van der Waals surface area contributed by atoms with Gasteiger partial charge in [0.25, 0.3) is 17.7 Å². The first-order valence-electron chi connectivity index (χ1n) is 20.6. The number of halogens is 2. The summed E-state index contributed by atoms with van der Waals surface area (Å²) in [4.78, 5) is 71.9. The van der Waals surface area contributed by atoms with E-state index in [0.29, 0.717) is 22.3 Å². The van der Waals surface area contributed by atoms with Crippen molar-refractivity contribution in [2.45, 2.75) is 71.6 Å². The molecule has 0 spiro atoms. The van der Waals surface area contributed by atoms with Gasteiger partial charge in [0.05, 0.1) is 27.3 Å². The molecule has 314 valence electrons. The fraction of sp³-hybridized carbons (Fsp3) is 0.467. The van der Waals surface area contributed by atoms with E-state index in [1.54, 1.807) is 36.4 Å². The number of amides is 5. The van der Waals surface area contributed by atoms with Gasteiger partial charge in [-0.2, -0.15) is 5.26 Å². The first-order valence-corrected chi connectivity index (χ1v) is 21.0. The number of benzene rings is 3. The third-order valence-electron chi connectivity index (χ3n) is 13.3. The summed E-state index contributed by atoms with van der Waals surface area (Å²) < 4.78 is 22.0. The quantitative estimate of drug-likeness (QED) is 0.268. The summed E-state index contributed by atoms with van der Waals surface area (Å²) in [6.45, 7) is 13.8. The summed E-state index contributed by atoms with van der Waals surface area (Å²) in [5, 5.41) is 14.8. The van der Waals surface area contributed by atoms with Gasteiger partial charge in [0.1, 0.15) is 29.8 Å². The second-order valence-corrected chi connectivity index (χ2v) is 18.3. The van der Waals surface area contributed by atoms with E-state index in [9.17, 15) is 29.2 Å². The molecular weight excluding hydrogens is 789 g/mol. The van der Waals surface area contributed by atoms with Crippen molar-refractivity contribution >= 4 is 52.5 Å². The number of nitrogens with one attached hydrogen (secondary N) is 2. The lowest BCUT2D eigenvalue weighted by Crippen LogP contribution is -2.74. The molecule has 1 saturated carbocycles. The van der Waals surface area contributed by atoms with Crippen LogP contribution in [0.5, 0.6) is 5.75 Å². The normalized spacial score (nSPS) is 24.1. The molecule has 1 aliphatic carbocycles. The Morgan fingerprint density at radius 1 is 0.867 bits per heavy atom. The number of nitrogens with zero attached hydrogens (tertiary/aromatic N) is 5. The fourth-order valence-electron chi connectivity index (χ4n) is 10.3. The first kappa shape index (κ1) is 41.2. The van der Waals surface area contributed by atoms with Crippen molar-refractivity contribution in [2.24, 2.45) is 16.7 Å². The Labute approximate surface area is 353 Å². The molecule has 5 aliphatic rings. The van der Waals surface area contributed by atoms with Crippen molar-refractivity contribution in [1.82, 2.24) is 20.4 Å². The van der Waals surface area contributed by atoms with E-state index in [0.717, 1.165) is 74.9 Å². The third-order valence-corrected chi connectivity index (χ3v) is 13.6. The van der Waals surface area contributed by atoms with Crippen LogP contribution < -0.4 is 25.2 Å². The number of hydrogen-bond donors (Lipinski definition) is 2. The van der Waals surface area contributed by atoms with Crippen molar-refractivity contribution in [3.8, 4) is 11.8 Å². The number of carbonyl (C=O) groups is 5.